The van der Waals surface area contributed by atoms with E-state index in [0.29, 0.717) is 5.69 Å². The third-order valence-corrected chi connectivity index (χ3v) is 2.35. The van der Waals surface area contributed by atoms with Crippen LogP contribution in [-0.2, 0) is 20.9 Å². The molecular formula is C11H17N3O4. The van der Waals surface area contributed by atoms with Crippen LogP contribution in [0, 0.1) is 0 Å². The number of carbonyl (C=O) groups excluding carboxylic acids is 1. The van der Waals surface area contributed by atoms with Gasteiger partial charge in [-0.25, -0.2) is 0 Å². The maximum atomic E-state index is 11.7. The van der Waals surface area contributed by atoms with Gasteiger partial charge in [-0.05, 0) is 13.8 Å². The summed E-state index contributed by atoms with van der Waals surface area (Å²) in [4.78, 5) is 22.1. The van der Waals surface area contributed by atoms with Gasteiger partial charge in [0, 0.05) is 13.3 Å². The average molecular weight is 255 g/mol. The van der Waals surface area contributed by atoms with Crippen molar-refractivity contribution in [3.8, 4) is 0 Å². The van der Waals surface area contributed by atoms with Crippen LogP contribution in [0.15, 0.2) is 12.4 Å². The molecule has 1 rings (SSSR count). The summed E-state index contributed by atoms with van der Waals surface area (Å²) in [5.41, 5.74) is -0.0747. The molecule has 0 unspecified atom stereocenters. The van der Waals surface area contributed by atoms with Crippen LogP contribution in [0.5, 0.6) is 0 Å². The van der Waals surface area contributed by atoms with Crippen LogP contribution in [-0.4, -0.2) is 39.5 Å². The van der Waals surface area contributed by atoms with Gasteiger partial charge in [0.2, 0.25) is 5.91 Å². The zero-order valence-corrected chi connectivity index (χ0v) is 10.6. The van der Waals surface area contributed by atoms with Gasteiger partial charge in [-0.15, -0.1) is 0 Å². The molecule has 0 atom stereocenters. The average Bonchev–Trinajstić information content (AvgIpc) is 2.63. The number of carboxylic acids is 1. The Hall–Kier alpha value is -1.89. The van der Waals surface area contributed by atoms with Gasteiger partial charge in [0.25, 0.3) is 0 Å². The molecule has 0 aliphatic heterocycles. The summed E-state index contributed by atoms with van der Waals surface area (Å²) < 4.78 is 6.38. The number of methoxy groups -OCH3 is 1. The van der Waals surface area contributed by atoms with Crippen molar-refractivity contribution < 1.29 is 19.4 Å². The largest absolute Gasteiger partial charge is 0.480 e. The molecule has 1 aromatic rings. The molecule has 1 aromatic heterocycles. The molecule has 0 aromatic carbocycles. The van der Waals surface area contributed by atoms with E-state index in [0.717, 1.165) is 0 Å². The first-order valence-corrected chi connectivity index (χ1v) is 5.41. The van der Waals surface area contributed by atoms with E-state index >= 15 is 0 Å². The molecule has 100 valence electrons. The minimum atomic E-state index is -0.989. The normalized spacial score (nSPS) is 11.3. The second kappa shape index (κ2) is 5.63. The maximum Gasteiger partial charge on any atom is 0.325 e. The number of nitrogens with one attached hydrogen (secondary N) is 1. The molecule has 0 saturated heterocycles. The molecule has 0 radical (unpaired) electrons. The Morgan fingerprint density at radius 3 is 2.78 bits per heavy atom. The van der Waals surface area contributed by atoms with E-state index in [1.54, 1.807) is 13.8 Å². The van der Waals surface area contributed by atoms with Crippen molar-refractivity contribution in [3.63, 3.8) is 0 Å². The van der Waals surface area contributed by atoms with Crippen LogP contribution in [0.2, 0.25) is 0 Å². The Bertz CT molecular complexity index is 439. The summed E-state index contributed by atoms with van der Waals surface area (Å²) in [5, 5.41) is 15.0. The Morgan fingerprint density at radius 1 is 1.56 bits per heavy atom. The Labute approximate surface area is 105 Å². The molecule has 7 heteroatoms. The number of anilines is 1. The third kappa shape index (κ3) is 4.54. The lowest BCUT2D eigenvalue weighted by atomic mass is 10.1. The lowest BCUT2D eigenvalue weighted by Gasteiger charge is -2.21. The second-order valence-corrected chi connectivity index (χ2v) is 4.51. The predicted octanol–water partition coefficient (Wildman–Crippen LogP) is 0.721. The number of rotatable bonds is 6. The molecule has 0 aliphatic carbocycles. The second-order valence-electron chi connectivity index (χ2n) is 4.51. The fraction of sp³-hybridized carbons (Fsp3) is 0.545. The number of carboxylic acid groups (broad SMARTS) is 1. The molecule has 1 amide bonds. The number of aliphatic carboxylic acids is 1. The Balaban J connectivity index is 2.55. The van der Waals surface area contributed by atoms with Gasteiger partial charge in [0.1, 0.15) is 6.54 Å². The number of carbonyl (C=O) groups is 2. The first-order valence-electron chi connectivity index (χ1n) is 5.41. The van der Waals surface area contributed by atoms with Crippen molar-refractivity contribution in [1.29, 1.82) is 0 Å². The first-order chi connectivity index (χ1) is 8.32. The molecule has 0 fully saturated rings. The molecule has 0 bridgehead atoms. The van der Waals surface area contributed by atoms with Gasteiger partial charge in [0.05, 0.1) is 23.9 Å². The molecular weight excluding hydrogens is 238 g/mol. The van der Waals surface area contributed by atoms with Crippen molar-refractivity contribution in [2.45, 2.75) is 32.4 Å². The highest BCUT2D eigenvalue weighted by Gasteiger charge is 2.21. The number of amides is 1. The minimum absolute atomic E-state index is 0.202. The van der Waals surface area contributed by atoms with Crippen LogP contribution in [0.25, 0.3) is 0 Å². The quantitative estimate of drug-likeness (QED) is 0.781. The van der Waals surface area contributed by atoms with E-state index in [9.17, 15) is 9.59 Å². The summed E-state index contributed by atoms with van der Waals surface area (Å²) in [6.45, 7) is 3.38. The summed E-state index contributed by atoms with van der Waals surface area (Å²) in [5.74, 6) is -1.20. The lowest BCUT2D eigenvalue weighted by Crippen LogP contribution is -2.29. The molecule has 1 heterocycles. The summed E-state index contributed by atoms with van der Waals surface area (Å²) >= 11 is 0. The number of hydrogen-bond acceptors (Lipinski definition) is 4. The molecule has 18 heavy (non-hydrogen) atoms. The fourth-order valence-electron chi connectivity index (χ4n) is 1.32. The van der Waals surface area contributed by atoms with Crippen molar-refractivity contribution in [2.24, 2.45) is 0 Å². The van der Waals surface area contributed by atoms with Gasteiger partial charge in [0.15, 0.2) is 0 Å². The Morgan fingerprint density at radius 2 is 2.22 bits per heavy atom. The third-order valence-electron chi connectivity index (χ3n) is 2.35. The van der Waals surface area contributed by atoms with E-state index in [-0.39, 0.29) is 18.9 Å². The highest BCUT2D eigenvalue weighted by atomic mass is 16.5. The molecule has 2 N–H and O–H groups in total. The van der Waals surface area contributed by atoms with E-state index in [1.807, 2.05) is 0 Å². The number of aromatic nitrogens is 2. The smallest absolute Gasteiger partial charge is 0.325 e. The molecule has 7 nitrogen and oxygen atoms in total. The van der Waals surface area contributed by atoms with Crippen molar-refractivity contribution >= 4 is 17.6 Å². The van der Waals surface area contributed by atoms with E-state index in [2.05, 4.69) is 10.4 Å². The van der Waals surface area contributed by atoms with Crippen LogP contribution in [0.3, 0.4) is 0 Å². The highest BCUT2D eigenvalue weighted by Crippen LogP contribution is 2.14. The first kappa shape index (κ1) is 14.2. The topological polar surface area (TPSA) is 93.5 Å². The highest BCUT2D eigenvalue weighted by molar-refractivity contribution is 5.91. The number of ether oxygens (including phenoxy) is 1. The van der Waals surface area contributed by atoms with Gasteiger partial charge in [-0.2, -0.15) is 5.10 Å². The Kier molecular flexibility index (Phi) is 4.43. The van der Waals surface area contributed by atoms with Crippen LogP contribution >= 0.6 is 0 Å². The van der Waals surface area contributed by atoms with Crippen molar-refractivity contribution in [3.05, 3.63) is 12.4 Å². The zero-order valence-electron chi connectivity index (χ0n) is 10.6. The SMILES string of the molecule is COC(C)(C)CC(=O)Nc1cnn(CC(=O)O)c1. The summed E-state index contributed by atoms with van der Waals surface area (Å²) in [7, 11) is 1.54. The van der Waals surface area contributed by atoms with Gasteiger partial charge in [-0.3, -0.25) is 14.3 Å². The van der Waals surface area contributed by atoms with Crippen molar-refractivity contribution in [2.75, 3.05) is 12.4 Å². The van der Waals surface area contributed by atoms with Crippen LogP contribution in [0.1, 0.15) is 20.3 Å². The summed E-state index contributed by atoms with van der Waals surface area (Å²) in [6, 6.07) is 0. The monoisotopic (exact) mass is 255 g/mol. The van der Waals surface area contributed by atoms with Crippen LogP contribution in [0.4, 0.5) is 5.69 Å². The van der Waals surface area contributed by atoms with Gasteiger partial charge >= 0.3 is 5.97 Å². The fourth-order valence-corrected chi connectivity index (χ4v) is 1.32. The molecule has 0 aliphatic rings. The number of nitrogens with zero attached hydrogens (tertiary/aromatic N) is 2. The minimum Gasteiger partial charge on any atom is -0.480 e. The lowest BCUT2D eigenvalue weighted by molar-refractivity contribution is -0.137. The van der Waals surface area contributed by atoms with E-state index in [1.165, 1.54) is 24.2 Å². The van der Waals surface area contributed by atoms with E-state index < -0.39 is 11.6 Å². The summed E-state index contributed by atoms with van der Waals surface area (Å²) in [6.07, 6.45) is 3.07. The number of hydrogen-bond donors (Lipinski definition) is 2. The standard InChI is InChI=1S/C11H17N3O4/c1-11(2,18-3)4-9(15)13-8-5-12-14(6-8)7-10(16)17/h5-6H,4,7H2,1-3H3,(H,13,15)(H,16,17). The maximum absolute atomic E-state index is 11.7. The predicted molar refractivity (Wildman–Crippen MR) is 64.2 cm³/mol. The van der Waals surface area contributed by atoms with Crippen LogP contribution < -0.4 is 5.32 Å². The van der Waals surface area contributed by atoms with Gasteiger partial charge in [-0.1, -0.05) is 0 Å². The van der Waals surface area contributed by atoms with Gasteiger partial charge < -0.3 is 15.2 Å². The zero-order chi connectivity index (χ0) is 13.8. The van der Waals surface area contributed by atoms with Crippen molar-refractivity contribution in [1.82, 2.24) is 9.78 Å². The van der Waals surface area contributed by atoms with E-state index in [4.69, 9.17) is 9.84 Å². The molecule has 0 saturated carbocycles. The molecule has 0 spiro atoms.